The summed E-state index contributed by atoms with van der Waals surface area (Å²) in [4.78, 5) is 41.8. The van der Waals surface area contributed by atoms with Crippen molar-refractivity contribution in [2.75, 3.05) is 11.9 Å². The van der Waals surface area contributed by atoms with Gasteiger partial charge in [0.05, 0.1) is 16.6 Å². The van der Waals surface area contributed by atoms with Gasteiger partial charge in [0.2, 0.25) is 5.43 Å². The summed E-state index contributed by atoms with van der Waals surface area (Å²) < 4.78 is 6.47. The van der Waals surface area contributed by atoms with Gasteiger partial charge < -0.3 is 4.74 Å². The first-order chi connectivity index (χ1) is 13.3. The number of rotatable bonds is 5. The van der Waals surface area contributed by atoms with E-state index in [1.54, 1.807) is 26.1 Å². The van der Waals surface area contributed by atoms with Crippen LogP contribution in [0.25, 0.3) is 10.9 Å². The molecule has 2 aromatic heterocycles. The Kier molecular flexibility index (Phi) is 5.36. The lowest BCUT2D eigenvalue weighted by Gasteiger charge is -2.08. The van der Waals surface area contributed by atoms with Crippen LogP contribution >= 0.6 is 11.3 Å². The first-order valence-corrected chi connectivity index (χ1v) is 9.18. The van der Waals surface area contributed by atoms with Gasteiger partial charge in [-0.25, -0.2) is 9.78 Å². The lowest BCUT2D eigenvalue weighted by molar-refractivity contribution is 0.0554. The van der Waals surface area contributed by atoms with Crippen LogP contribution < -0.4 is 10.7 Å². The SMILES string of the molecule is C=CCOC(=O)c1sc(NC(=O)c2nn(C)c3ccc(C)cc3c2=O)nc1C. The smallest absolute Gasteiger partial charge is 0.350 e. The number of benzene rings is 1. The first-order valence-electron chi connectivity index (χ1n) is 8.36. The molecule has 0 saturated heterocycles. The Morgan fingerprint density at radius 2 is 2.11 bits per heavy atom. The van der Waals surface area contributed by atoms with Crippen molar-refractivity contribution in [3.63, 3.8) is 0 Å². The van der Waals surface area contributed by atoms with Crippen LogP contribution in [-0.2, 0) is 11.8 Å². The van der Waals surface area contributed by atoms with Gasteiger partial charge >= 0.3 is 5.97 Å². The van der Waals surface area contributed by atoms with Crippen molar-refractivity contribution in [2.24, 2.45) is 7.05 Å². The molecule has 0 bridgehead atoms. The minimum absolute atomic E-state index is 0.0777. The van der Waals surface area contributed by atoms with Crippen molar-refractivity contribution in [3.05, 3.63) is 62.9 Å². The lowest BCUT2D eigenvalue weighted by Crippen LogP contribution is -2.26. The minimum Gasteiger partial charge on any atom is -0.457 e. The van der Waals surface area contributed by atoms with Crippen molar-refractivity contribution in [2.45, 2.75) is 13.8 Å². The maximum atomic E-state index is 12.7. The molecule has 0 aliphatic carbocycles. The number of nitrogens with one attached hydrogen (secondary N) is 1. The number of aromatic nitrogens is 3. The number of anilines is 1. The number of carbonyl (C=O) groups excluding carboxylic acids is 2. The third-order valence-electron chi connectivity index (χ3n) is 3.96. The van der Waals surface area contributed by atoms with Gasteiger partial charge in [-0.05, 0) is 26.0 Å². The number of aryl methyl sites for hydroxylation is 3. The van der Waals surface area contributed by atoms with E-state index in [1.165, 1.54) is 10.8 Å². The number of carbonyl (C=O) groups is 2. The molecule has 1 N–H and O–H groups in total. The molecule has 28 heavy (non-hydrogen) atoms. The second-order valence-electron chi connectivity index (χ2n) is 6.10. The number of nitrogens with zero attached hydrogens (tertiary/aromatic N) is 3. The Balaban J connectivity index is 1.92. The summed E-state index contributed by atoms with van der Waals surface area (Å²) in [6.07, 6.45) is 1.46. The molecule has 8 nitrogen and oxygen atoms in total. The standard InChI is InChI=1S/C19H18N4O4S/c1-5-8-27-18(26)16-11(3)20-19(28-16)21-17(25)14-15(24)12-9-10(2)6-7-13(12)23(4)22-14/h5-7,9H,1,8H2,2-4H3,(H,20,21,25). The van der Waals surface area contributed by atoms with Crippen molar-refractivity contribution in [3.8, 4) is 0 Å². The van der Waals surface area contributed by atoms with E-state index in [0.29, 0.717) is 16.6 Å². The van der Waals surface area contributed by atoms with E-state index in [0.717, 1.165) is 16.9 Å². The highest BCUT2D eigenvalue weighted by atomic mass is 32.1. The molecule has 0 atom stereocenters. The monoisotopic (exact) mass is 398 g/mol. The number of hydrogen-bond acceptors (Lipinski definition) is 7. The fourth-order valence-electron chi connectivity index (χ4n) is 2.64. The highest BCUT2D eigenvalue weighted by Crippen LogP contribution is 2.23. The van der Waals surface area contributed by atoms with Crippen LogP contribution in [0.1, 0.15) is 31.4 Å². The third kappa shape index (κ3) is 3.70. The normalized spacial score (nSPS) is 10.7. The molecule has 0 saturated carbocycles. The number of ether oxygens (including phenoxy) is 1. The van der Waals surface area contributed by atoms with Gasteiger partial charge in [0, 0.05) is 7.05 Å². The topological polar surface area (TPSA) is 103 Å². The Morgan fingerprint density at radius 1 is 1.36 bits per heavy atom. The van der Waals surface area contributed by atoms with E-state index < -0.39 is 17.3 Å². The maximum absolute atomic E-state index is 12.7. The van der Waals surface area contributed by atoms with Gasteiger partial charge in [-0.1, -0.05) is 35.6 Å². The van der Waals surface area contributed by atoms with Crippen molar-refractivity contribution in [1.82, 2.24) is 14.8 Å². The summed E-state index contributed by atoms with van der Waals surface area (Å²) in [6.45, 7) is 7.06. The maximum Gasteiger partial charge on any atom is 0.350 e. The minimum atomic E-state index is -0.691. The predicted molar refractivity (Wildman–Crippen MR) is 107 cm³/mol. The summed E-state index contributed by atoms with van der Waals surface area (Å²) in [5.41, 5.74) is 1.24. The Morgan fingerprint density at radius 3 is 2.82 bits per heavy atom. The largest absolute Gasteiger partial charge is 0.457 e. The molecule has 0 aliphatic rings. The number of fused-ring (bicyclic) bond motifs is 1. The molecule has 0 aliphatic heterocycles. The van der Waals surface area contributed by atoms with E-state index in [4.69, 9.17) is 4.74 Å². The molecule has 3 aromatic rings. The number of amides is 1. The Labute approximate surface area is 164 Å². The molecule has 144 valence electrons. The molecule has 0 radical (unpaired) electrons. The molecule has 3 rings (SSSR count). The average molecular weight is 398 g/mol. The number of hydrogen-bond donors (Lipinski definition) is 1. The molecular formula is C19H18N4O4S. The van der Waals surface area contributed by atoms with Crippen LogP contribution in [0.2, 0.25) is 0 Å². The zero-order valence-corrected chi connectivity index (χ0v) is 16.4. The van der Waals surface area contributed by atoms with Gasteiger partial charge in [-0.2, -0.15) is 5.10 Å². The zero-order valence-electron chi connectivity index (χ0n) is 15.6. The first kappa shape index (κ1) is 19.4. The molecule has 0 unspecified atom stereocenters. The van der Waals surface area contributed by atoms with Crippen LogP contribution in [0.3, 0.4) is 0 Å². The van der Waals surface area contributed by atoms with E-state index in [9.17, 15) is 14.4 Å². The highest BCUT2D eigenvalue weighted by molar-refractivity contribution is 7.17. The fourth-order valence-corrected chi connectivity index (χ4v) is 3.49. The van der Waals surface area contributed by atoms with Gasteiger partial charge in [0.25, 0.3) is 5.91 Å². The van der Waals surface area contributed by atoms with E-state index in [1.807, 2.05) is 13.0 Å². The summed E-state index contributed by atoms with van der Waals surface area (Å²) in [5, 5.41) is 7.23. The lowest BCUT2D eigenvalue weighted by atomic mass is 10.1. The molecule has 9 heteroatoms. The zero-order chi connectivity index (χ0) is 20.4. The molecular weight excluding hydrogens is 380 g/mol. The summed E-state index contributed by atoms with van der Waals surface area (Å²) >= 11 is 0.969. The number of thiazole rings is 1. The molecule has 1 amide bonds. The predicted octanol–water partition coefficient (Wildman–Crippen LogP) is 2.60. The van der Waals surface area contributed by atoms with E-state index in [2.05, 4.69) is 22.0 Å². The van der Waals surface area contributed by atoms with Crippen LogP contribution in [0.15, 0.2) is 35.6 Å². The summed E-state index contributed by atoms with van der Waals surface area (Å²) in [6, 6.07) is 5.37. The third-order valence-corrected chi connectivity index (χ3v) is 5.01. The van der Waals surface area contributed by atoms with Crippen molar-refractivity contribution >= 4 is 39.2 Å². The average Bonchev–Trinajstić information content (AvgIpc) is 3.02. The van der Waals surface area contributed by atoms with Crippen LogP contribution in [0.4, 0.5) is 5.13 Å². The van der Waals surface area contributed by atoms with E-state index >= 15 is 0 Å². The molecule has 0 fully saturated rings. The van der Waals surface area contributed by atoms with Crippen LogP contribution in [0, 0.1) is 13.8 Å². The second-order valence-corrected chi connectivity index (χ2v) is 7.10. The quantitative estimate of drug-likeness (QED) is 0.523. The summed E-state index contributed by atoms with van der Waals surface area (Å²) in [5.74, 6) is -1.24. The van der Waals surface area contributed by atoms with Gasteiger partial charge in [-0.15, -0.1) is 0 Å². The molecule has 0 spiro atoms. The molecule has 2 heterocycles. The van der Waals surface area contributed by atoms with Gasteiger partial charge in [0.15, 0.2) is 10.8 Å². The summed E-state index contributed by atoms with van der Waals surface area (Å²) in [7, 11) is 1.66. The molecule has 1 aromatic carbocycles. The van der Waals surface area contributed by atoms with Gasteiger partial charge in [0.1, 0.15) is 11.5 Å². The van der Waals surface area contributed by atoms with Crippen molar-refractivity contribution in [1.29, 1.82) is 0 Å². The highest BCUT2D eigenvalue weighted by Gasteiger charge is 2.21. The van der Waals surface area contributed by atoms with Crippen LogP contribution in [0.5, 0.6) is 0 Å². The van der Waals surface area contributed by atoms with E-state index in [-0.39, 0.29) is 22.3 Å². The fraction of sp³-hybridized carbons (Fsp3) is 0.211. The number of esters is 1. The Hall–Kier alpha value is -3.33. The van der Waals surface area contributed by atoms with Crippen molar-refractivity contribution < 1.29 is 14.3 Å². The van der Waals surface area contributed by atoms with Crippen LogP contribution in [-0.4, -0.2) is 33.2 Å². The van der Waals surface area contributed by atoms with Gasteiger partial charge in [-0.3, -0.25) is 19.6 Å². The second kappa shape index (κ2) is 7.73. The Bertz CT molecular complexity index is 1160.